The van der Waals surface area contributed by atoms with Gasteiger partial charge in [-0.3, -0.25) is 4.79 Å². The van der Waals surface area contributed by atoms with E-state index >= 15 is 0 Å². The molecule has 4 rings (SSSR count). The summed E-state index contributed by atoms with van der Waals surface area (Å²) < 4.78 is 5.42. The molecule has 0 saturated heterocycles. The van der Waals surface area contributed by atoms with Crippen molar-refractivity contribution >= 4 is 23.2 Å². The molecule has 148 valence electrons. The SMILES string of the molecule is Cc1ccc(-c2nc(C(=O)O[C@H](C)C(=O)N3CCc4ccccc4C3)cs2)cc1. The standard InChI is InChI=1S/C23H22N2O3S/c1-15-7-9-18(10-8-15)21-24-20(14-29-21)23(27)28-16(2)22(26)25-12-11-17-5-3-4-6-19(17)13-25/h3-10,14,16H,11-13H2,1-2H3/t16-/m1/s1. The Morgan fingerprint density at radius 1 is 1.10 bits per heavy atom. The number of hydrogen-bond acceptors (Lipinski definition) is 5. The van der Waals surface area contributed by atoms with Gasteiger partial charge in [-0.2, -0.15) is 0 Å². The molecule has 0 unspecified atom stereocenters. The van der Waals surface area contributed by atoms with Gasteiger partial charge >= 0.3 is 5.97 Å². The second kappa shape index (κ2) is 8.17. The largest absolute Gasteiger partial charge is 0.448 e. The van der Waals surface area contributed by atoms with Gasteiger partial charge in [0, 0.05) is 24.0 Å². The van der Waals surface area contributed by atoms with E-state index in [-0.39, 0.29) is 11.6 Å². The van der Waals surface area contributed by atoms with Gasteiger partial charge < -0.3 is 9.64 Å². The Labute approximate surface area is 174 Å². The maximum absolute atomic E-state index is 12.8. The fourth-order valence-corrected chi connectivity index (χ4v) is 4.20. The van der Waals surface area contributed by atoms with E-state index in [0.717, 1.165) is 28.1 Å². The molecule has 0 fully saturated rings. The van der Waals surface area contributed by atoms with Crippen LogP contribution in [0.4, 0.5) is 0 Å². The molecule has 2 aromatic carbocycles. The number of thiazole rings is 1. The summed E-state index contributed by atoms with van der Waals surface area (Å²) in [5, 5.41) is 2.43. The molecule has 1 amide bonds. The summed E-state index contributed by atoms with van der Waals surface area (Å²) in [5.74, 6) is -0.750. The fourth-order valence-electron chi connectivity index (χ4n) is 3.41. The molecular formula is C23H22N2O3S. The van der Waals surface area contributed by atoms with Gasteiger partial charge in [0.1, 0.15) is 5.01 Å². The van der Waals surface area contributed by atoms with Gasteiger partial charge in [0.15, 0.2) is 11.8 Å². The Morgan fingerprint density at radius 3 is 2.59 bits per heavy atom. The molecule has 0 radical (unpaired) electrons. The maximum atomic E-state index is 12.8. The van der Waals surface area contributed by atoms with E-state index < -0.39 is 12.1 Å². The van der Waals surface area contributed by atoms with Crippen LogP contribution in [-0.4, -0.2) is 34.4 Å². The summed E-state index contributed by atoms with van der Waals surface area (Å²) in [6, 6.07) is 16.1. The van der Waals surface area contributed by atoms with Gasteiger partial charge in [-0.25, -0.2) is 9.78 Å². The number of amides is 1. The lowest BCUT2D eigenvalue weighted by Crippen LogP contribution is -2.42. The van der Waals surface area contributed by atoms with Crippen LogP contribution in [0, 0.1) is 6.92 Å². The molecular weight excluding hydrogens is 384 g/mol. The number of hydrogen-bond donors (Lipinski definition) is 0. The summed E-state index contributed by atoms with van der Waals surface area (Å²) in [4.78, 5) is 31.4. The predicted octanol–water partition coefficient (Wildman–Crippen LogP) is 4.25. The zero-order valence-electron chi connectivity index (χ0n) is 16.4. The van der Waals surface area contributed by atoms with Crippen LogP contribution in [0.5, 0.6) is 0 Å². The number of carbonyl (C=O) groups is 2. The summed E-state index contributed by atoms with van der Waals surface area (Å²) in [6.07, 6.45) is -0.0357. The van der Waals surface area contributed by atoms with Crippen LogP contribution >= 0.6 is 11.3 Å². The highest BCUT2D eigenvalue weighted by Crippen LogP contribution is 2.25. The Balaban J connectivity index is 1.39. The van der Waals surface area contributed by atoms with Crippen molar-refractivity contribution in [3.8, 4) is 10.6 Å². The number of ether oxygens (including phenoxy) is 1. The third-order valence-corrected chi connectivity index (χ3v) is 5.98. The highest BCUT2D eigenvalue weighted by molar-refractivity contribution is 7.13. The second-order valence-electron chi connectivity index (χ2n) is 7.23. The fraction of sp³-hybridized carbons (Fsp3) is 0.261. The molecule has 5 nitrogen and oxygen atoms in total. The van der Waals surface area contributed by atoms with Crippen LogP contribution in [0.1, 0.15) is 34.1 Å². The van der Waals surface area contributed by atoms with Crippen molar-refractivity contribution in [2.75, 3.05) is 6.54 Å². The van der Waals surface area contributed by atoms with Crippen molar-refractivity contribution in [1.29, 1.82) is 0 Å². The monoisotopic (exact) mass is 406 g/mol. The predicted molar refractivity (Wildman–Crippen MR) is 113 cm³/mol. The molecule has 2 heterocycles. The number of benzene rings is 2. The number of fused-ring (bicyclic) bond motifs is 1. The highest BCUT2D eigenvalue weighted by Gasteiger charge is 2.27. The summed E-state index contributed by atoms with van der Waals surface area (Å²) in [5.41, 5.74) is 4.77. The van der Waals surface area contributed by atoms with Crippen molar-refractivity contribution in [3.63, 3.8) is 0 Å². The molecule has 1 atom stereocenters. The molecule has 0 bridgehead atoms. The molecule has 1 aromatic heterocycles. The second-order valence-corrected chi connectivity index (χ2v) is 8.09. The Kier molecular flexibility index (Phi) is 5.45. The van der Waals surface area contributed by atoms with Gasteiger partial charge in [0.25, 0.3) is 5.91 Å². The van der Waals surface area contributed by atoms with Gasteiger partial charge in [-0.05, 0) is 31.4 Å². The van der Waals surface area contributed by atoms with Crippen molar-refractivity contribution in [2.45, 2.75) is 32.9 Å². The normalized spacial score (nSPS) is 14.2. The summed E-state index contributed by atoms with van der Waals surface area (Å²) in [6.45, 7) is 4.82. The molecule has 1 aliphatic rings. The molecule has 0 saturated carbocycles. The first kappa shape index (κ1) is 19.3. The lowest BCUT2D eigenvalue weighted by atomic mass is 9.99. The van der Waals surface area contributed by atoms with Crippen molar-refractivity contribution in [2.24, 2.45) is 0 Å². The first-order valence-electron chi connectivity index (χ1n) is 9.60. The molecule has 1 aliphatic heterocycles. The van der Waals surface area contributed by atoms with E-state index in [1.807, 2.05) is 49.4 Å². The topological polar surface area (TPSA) is 59.5 Å². The van der Waals surface area contributed by atoms with Gasteiger partial charge in [-0.15, -0.1) is 11.3 Å². The van der Waals surface area contributed by atoms with Crippen LogP contribution in [0.25, 0.3) is 10.6 Å². The van der Waals surface area contributed by atoms with Crippen LogP contribution in [0.2, 0.25) is 0 Å². The van der Waals surface area contributed by atoms with Gasteiger partial charge in [0.2, 0.25) is 0 Å². The van der Waals surface area contributed by atoms with Crippen molar-refractivity contribution < 1.29 is 14.3 Å². The Bertz CT molecular complexity index is 1040. The number of aryl methyl sites for hydroxylation is 1. The van der Waals surface area contributed by atoms with Crippen LogP contribution in [-0.2, 0) is 22.5 Å². The Morgan fingerprint density at radius 2 is 1.83 bits per heavy atom. The molecule has 29 heavy (non-hydrogen) atoms. The zero-order valence-corrected chi connectivity index (χ0v) is 17.2. The number of esters is 1. The average Bonchev–Trinajstić information content (AvgIpc) is 3.23. The molecule has 6 heteroatoms. The zero-order chi connectivity index (χ0) is 20.4. The third kappa shape index (κ3) is 4.22. The van der Waals surface area contributed by atoms with Crippen LogP contribution in [0.3, 0.4) is 0 Å². The van der Waals surface area contributed by atoms with Gasteiger partial charge in [-0.1, -0.05) is 54.1 Å². The van der Waals surface area contributed by atoms with E-state index in [1.54, 1.807) is 17.2 Å². The minimum absolute atomic E-state index is 0.179. The first-order valence-corrected chi connectivity index (χ1v) is 10.5. The first-order chi connectivity index (χ1) is 14.0. The summed E-state index contributed by atoms with van der Waals surface area (Å²) >= 11 is 1.39. The number of rotatable bonds is 4. The highest BCUT2D eigenvalue weighted by atomic mass is 32.1. The van der Waals surface area contributed by atoms with Gasteiger partial charge in [0.05, 0.1) is 0 Å². The van der Waals surface area contributed by atoms with E-state index in [1.165, 1.54) is 16.9 Å². The maximum Gasteiger partial charge on any atom is 0.358 e. The number of carbonyl (C=O) groups excluding carboxylic acids is 2. The van der Waals surface area contributed by atoms with E-state index in [4.69, 9.17) is 4.74 Å². The minimum atomic E-state index is -0.850. The summed E-state index contributed by atoms with van der Waals surface area (Å²) in [7, 11) is 0. The van der Waals surface area contributed by atoms with Crippen molar-refractivity contribution in [1.82, 2.24) is 9.88 Å². The van der Waals surface area contributed by atoms with Crippen LogP contribution < -0.4 is 0 Å². The molecule has 0 N–H and O–H groups in total. The Hall–Kier alpha value is -2.99. The van der Waals surface area contributed by atoms with E-state index in [9.17, 15) is 9.59 Å². The quantitative estimate of drug-likeness (QED) is 0.608. The lowest BCUT2D eigenvalue weighted by Gasteiger charge is -2.30. The van der Waals surface area contributed by atoms with E-state index in [2.05, 4.69) is 11.1 Å². The van der Waals surface area contributed by atoms with E-state index in [0.29, 0.717) is 13.1 Å². The lowest BCUT2D eigenvalue weighted by molar-refractivity contribution is -0.140. The number of nitrogens with zero attached hydrogens (tertiary/aromatic N) is 2. The van der Waals surface area contributed by atoms with Crippen LogP contribution in [0.15, 0.2) is 53.9 Å². The molecule has 3 aromatic rings. The average molecular weight is 407 g/mol. The third-order valence-electron chi connectivity index (χ3n) is 5.09. The molecule has 0 spiro atoms. The minimum Gasteiger partial charge on any atom is -0.448 e. The smallest absolute Gasteiger partial charge is 0.358 e. The number of aromatic nitrogens is 1. The molecule has 0 aliphatic carbocycles. The van der Waals surface area contributed by atoms with Crippen molar-refractivity contribution in [3.05, 3.63) is 76.3 Å².